The number of hydrogen-bond acceptors (Lipinski definition) is 1. The summed E-state index contributed by atoms with van der Waals surface area (Å²) in [6, 6.07) is 0.373. The van der Waals surface area contributed by atoms with Gasteiger partial charge in [-0.25, -0.2) is 0 Å². The number of rotatable bonds is 3. The Kier molecular flexibility index (Phi) is 11.0. The Bertz CT molecular complexity index is 291. The van der Waals surface area contributed by atoms with E-state index in [9.17, 15) is 4.79 Å². The van der Waals surface area contributed by atoms with Crippen molar-refractivity contribution in [3.63, 3.8) is 0 Å². The molecule has 120 valence electrons. The van der Waals surface area contributed by atoms with Crippen molar-refractivity contribution in [1.29, 1.82) is 0 Å². The van der Waals surface area contributed by atoms with E-state index in [0.717, 1.165) is 12.8 Å². The van der Waals surface area contributed by atoms with Crippen LogP contribution in [0.15, 0.2) is 0 Å². The van der Waals surface area contributed by atoms with Crippen LogP contribution >= 0.6 is 0 Å². The summed E-state index contributed by atoms with van der Waals surface area (Å²) in [4.78, 5) is 11.8. The fourth-order valence-electron chi connectivity index (χ4n) is 3.15. The highest BCUT2D eigenvalue weighted by molar-refractivity contribution is 5.76. The summed E-state index contributed by atoms with van der Waals surface area (Å²) in [5, 5.41) is 3.20. The number of terminal acetylenes is 1. The molecule has 0 unspecified atom stereocenters. The minimum Gasteiger partial charge on any atom is -0.353 e. The van der Waals surface area contributed by atoms with Gasteiger partial charge in [0, 0.05) is 18.9 Å². The van der Waals surface area contributed by atoms with Crippen molar-refractivity contribution in [3.05, 3.63) is 0 Å². The molecule has 1 aliphatic carbocycles. The van der Waals surface area contributed by atoms with E-state index in [-0.39, 0.29) is 5.91 Å². The molecule has 1 N–H and O–H groups in total. The molecule has 2 heteroatoms. The molecule has 0 aromatic heterocycles. The van der Waals surface area contributed by atoms with Gasteiger partial charge in [-0.3, -0.25) is 4.79 Å². The number of carbonyl (C=O) groups excluding carboxylic acids is 1. The van der Waals surface area contributed by atoms with Gasteiger partial charge < -0.3 is 5.32 Å². The number of nitrogens with one attached hydrogen (secondary N) is 1. The largest absolute Gasteiger partial charge is 0.353 e. The maximum absolute atomic E-state index is 11.8. The molecular formula is C19H33NO. The number of amides is 1. The van der Waals surface area contributed by atoms with Crippen LogP contribution in [-0.4, -0.2) is 11.9 Å². The van der Waals surface area contributed by atoms with Crippen LogP contribution in [0.1, 0.15) is 96.3 Å². The van der Waals surface area contributed by atoms with Crippen LogP contribution in [0.2, 0.25) is 0 Å². The van der Waals surface area contributed by atoms with Crippen LogP contribution in [0.5, 0.6) is 0 Å². The molecule has 0 aromatic rings. The Hall–Kier alpha value is -0.970. The van der Waals surface area contributed by atoms with Crippen LogP contribution in [0.3, 0.4) is 0 Å². The summed E-state index contributed by atoms with van der Waals surface area (Å²) in [5.41, 5.74) is 0. The van der Waals surface area contributed by atoms with Crippen LogP contribution in [0.25, 0.3) is 0 Å². The lowest BCUT2D eigenvalue weighted by atomic mass is 9.98. The maximum Gasteiger partial charge on any atom is 0.221 e. The van der Waals surface area contributed by atoms with Gasteiger partial charge in [-0.15, -0.1) is 12.3 Å². The van der Waals surface area contributed by atoms with E-state index in [2.05, 4.69) is 11.2 Å². The highest BCUT2D eigenvalue weighted by Gasteiger charge is 2.11. The molecule has 2 nitrogen and oxygen atoms in total. The molecule has 1 aliphatic rings. The minimum atomic E-state index is 0.138. The Labute approximate surface area is 131 Å². The molecular weight excluding hydrogens is 258 g/mol. The summed E-state index contributed by atoms with van der Waals surface area (Å²) in [6.07, 6.45) is 23.4. The Morgan fingerprint density at radius 1 is 0.857 bits per heavy atom. The first-order valence-corrected chi connectivity index (χ1v) is 9.06. The van der Waals surface area contributed by atoms with Gasteiger partial charge in [0.1, 0.15) is 0 Å². The highest BCUT2D eigenvalue weighted by atomic mass is 16.1. The molecule has 0 aliphatic heterocycles. The summed E-state index contributed by atoms with van der Waals surface area (Å²) in [6.45, 7) is 0. The molecule has 0 atom stereocenters. The fraction of sp³-hybridized carbons (Fsp3) is 0.842. The SMILES string of the molecule is C#CCCC(=O)NC1CCCCCCCCCCCCC1. The van der Waals surface area contributed by atoms with Gasteiger partial charge in [-0.05, 0) is 12.8 Å². The molecule has 1 amide bonds. The van der Waals surface area contributed by atoms with Gasteiger partial charge in [0.2, 0.25) is 5.91 Å². The normalized spacial score (nSPS) is 20.1. The average Bonchev–Trinajstić information content (AvgIpc) is 2.49. The van der Waals surface area contributed by atoms with E-state index in [4.69, 9.17) is 6.42 Å². The van der Waals surface area contributed by atoms with Crippen molar-refractivity contribution < 1.29 is 4.79 Å². The van der Waals surface area contributed by atoms with Gasteiger partial charge in [-0.1, -0.05) is 70.6 Å². The molecule has 1 saturated carbocycles. The van der Waals surface area contributed by atoms with Gasteiger partial charge in [0.15, 0.2) is 0 Å². The molecule has 0 bridgehead atoms. The number of carbonyl (C=O) groups is 1. The lowest BCUT2D eigenvalue weighted by Crippen LogP contribution is -2.34. The standard InChI is InChI=1S/C19H33NO/c1-2-3-17-19(21)20-18-15-13-11-9-7-5-4-6-8-10-12-14-16-18/h1,18H,3-17H2,(H,20,21). The Morgan fingerprint density at radius 3 is 1.71 bits per heavy atom. The summed E-state index contributed by atoms with van der Waals surface area (Å²) in [5.74, 6) is 2.68. The van der Waals surface area contributed by atoms with Gasteiger partial charge >= 0.3 is 0 Å². The van der Waals surface area contributed by atoms with Crippen molar-refractivity contribution >= 4 is 5.91 Å². The van der Waals surface area contributed by atoms with E-state index in [1.165, 1.54) is 70.6 Å². The smallest absolute Gasteiger partial charge is 0.221 e. The van der Waals surface area contributed by atoms with Crippen LogP contribution in [0, 0.1) is 12.3 Å². The zero-order valence-corrected chi connectivity index (χ0v) is 13.7. The second-order valence-corrected chi connectivity index (χ2v) is 6.43. The Morgan fingerprint density at radius 2 is 1.29 bits per heavy atom. The van der Waals surface area contributed by atoms with Crippen molar-refractivity contribution in [2.24, 2.45) is 0 Å². The maximum atomic E-state index is 11.8. The fourth-order valence-corrected chi connectivity index (χ4v) is 3.15. The molecule has 1 fully saturated rings. The first-order chi connectivity index (χ1) is 10.3. The highest BCUT2D eigenvalue weighted by Crippen LogP contribution is 2.17. The lowest BCUT2D eigenvalue weighted by molar-refractivity contribution is -0.121. The molecule has 0 saturated heterocycles. The van der Waals surface area contributed by atoms with Crippen LogP contribution in [0.4, 0.5) is 0 Å². The summed E-state index contributed by atoms with van der Waals surface area (Å²) >= 11 is 0. The average molecular weight is 291 g/mol. The third-order valence-corrected chi connectivity index (χ3v) is 4.47. The summed E-state index contributed by atoms with van der Waals surface area (Å²) in [7, 11) is 0. The topological polar surface area (TPSA) is 29.1 Å². The number of hydrogen-bond donors (Lipinski definition) is 1. The zero-order chi connectivity index (χ0) is 15.2. The van der Waals surface area contributed by atoms with E-state index < -0.39 is 0 Å². The van der Waals surface area contributed by atoms with Gasteiger partial charge in [-0.2, -0.15) is 0 Å². The van der Waals surface area contributed by atoms with Gasteiger partial charge in [0.25, 0.3) is 0 Å². The molecule has 0 spiro atoms. The van der Waals surface area contributed by atoms with Crippen molar-refractivity contribution in [1.82, 2.24) is 5.32 Å². The molecule has 1 rings (SSSR count). The monoisotopic (exact) mass is 291 g/mol. The molecule has 0 aromatic carbocycles. The second-order valence-electron chi connectivity index (χ2n) is 6.43. The van der Waals surface area contributed by atoms with Crippen LogP contribution in [-0.2, 0) is 4.79 Å². The van der Waals surface area contributed by atoms with E-state index in [1.54, 1.807) is 0 Å². The molecule has 0 heterocycles. The van der Waals surface area contributed by atoms with Crippen molar-refractivity contribution in [2.45, 2.75) is 102 Å². The van der Waals surface area contributed by atoms with E-state index in [0.29, 0.717) is 18.9 Å². The third kappa shape index (κ3) is 10.4. The third-order valence-electron chi connectivity index (χ3n) is 4.47. The van der Waals surface area contributed by atoms with Crippen LogP contribution < -0.4 is 5.32 Å². The predicted molar refractivity (Wildman–Crippen MR) is 90.0 cm³/mol. The Balaban J connectivity index is 2.31. The molecule has 21 heavy (non-hydrogen) atoms. The summed E-state index contributed by atoms with van der Waals surface area (Å²) < 4.78 is 0. The van der Waals surface area contributed by atoms with E-state index >= 15 is 0 Å². The lowest BCUT2D eigenvalue weighted by Gasteiger charge is -2.19. The first kappa shape index (κ1) is 18.1. The first-order valence-electron chi connectivity index (χ1n) is 9.06. The van der Waals surface area contributed by atoms with Crippen molar-refractivity contribution in [2.75, 3.05) is 0 Å². The van der Waals surface area contributed by atoms with Crippen molar-refractivity contribution in [3.8, 4) is 12.3 Å². The predicted octanol–water partition coefficient (Wildman–Crippen LogP) is 4.97. The quantitative estimate of drug-likeness (QED) is 0.731. The van der Waals surface area contributed by atoms with E-state index in [1.807, 2.05) is 0 Å². The zero-order valence-electron chi connectivity index (χ0n) is 13.7. The minimum absolute atomic E-state index is 0.138. The second kappa shape index (κ2) is 12.7. The van der Waals surface area contributed by atoms with Gasteiger partial charge in [0.05, 0.1) is 0 Å². The molecule has 0 radical (unpaired) electrons.